The highest BCUT2D eigenvalue weighted by Crippen LogP contribution is 2.39. The molecule has 1 heterocycles. The molecular weight excluding hydrogens is 488 g/mol. The average Bonchev–Trinajstić information content (AvgIpc) is 3.46. The van der Waals surface area contributed by atoms with Crippen molar-refractivity contribution in [2.45, 2.75) is 33.1 Å². The van der Waals surface area contributed by atoms with Gasteiger partial charge < -0.3 is 15.4 Å². The molecule has 39 heavy (non-hydrogen) atoms. The Bertz CT molecular complexity index is 1590. The number of amides is 2. The molecule has 0 aliphatic rings. The molecule has 2 amide bonds. The minimum atomic E-state index is -0.378. The quantitative estimate of drug-likeness (QED) is 0.215. The zero-order chi connectivity index (χ0) is 27.4. The zero-order valence-electron chi connectivity index (χ0n) is 22.3. The molecule has 8 nitrogen and oxygen atoms in total. The normalized spacial score (nSPS) is 11.2. The first-order valence-electron chi connectivity index (χ1n) is 12.7. The van der Waals surface area contributed by atoms with Gasteiger partial charge in [0.15, 0.2) is 5.75 Å². The van der Waals surface area contributed by atoms with E-state index in [1.807, 2.05) is 91.9 Å². The van der Waals surface area contributed by atoms with E-state index >= 15 is 0 Å². The molecule has 0 fully saturated rings. The summed E-state index contributed by atoms with van der Waals surface area (Å²) < 4.78 is 6.45. The summed E-state index contributed by atoms with van der Waals surface area (Å²) in [6.45, 7) is 8.42. The van der Waals surface area contributed by atoms with Crippen LogP contribution >= 0.6 is 0 Å². The highest BCUT2D eigenvalue weighted by molar-refractivity contribution is 6.01. The molecule has 4 aromatic carbocycles. The van der Waals surface area contributed by atoms with Gasteiger partial charge in [0.05, 0.1) is 5.69 Å². The van der Waals surface area contributed by atoms with E-state index in [9.17, 15) is 4.79 Å². The van der Waals surface area contributed by atoms with Crippen LogP contribution in [0.4, 0.5) is 16.2 Å². The molecule has 0 aliphatic heterocycles. The number of para-hydroxylation sites is 1. The van der Waals surface area contributed by atoms with Crippen molar-refractivity contribution in [3.8, 4) is 34.0 Å². The first-order valence-corrected chi connectivity index (χ1v) is 12.7. The van der Waals surface area contributed by atoms with Crippen LogP contribution in [0.15, 0.2) is 91.0 Å². The van der Waals surface area contributed by atoms with Gasteiger partial charge in [0.25, 0.3) is 0 Å². The van der Waals surface area contributed by atoms with E-state index in [4.69, 9.17) is 4.74 Å². The topological polar surface area (TPSA) is 105 Å². The molecule has 8 heteroatoms. The molecule has 0 saturated heterocycles. The van der Waals surface area contributed by atoms with Crippen LogP contribution in [-0.2, 0) is 5.41 Å². The standard InChI is InChI=1S/C31H30N6O2/c1-20-13-16-22(17-14-20)32-30(38)33-26-19-21(23-9-5-6-10-24(23)29-34-36-37-35-29)15-18-28(26)39-27-12-8-7-11-25(27)31(2,3)4/h5-19H,1-4H3,(H2,32,33,38)(H,34,35,36,37). The maximum Gasteiger partial charge on any atom is 0.323 e. The van der Waals surface area contributed by atoms with E-state index in [-0.39, 0.29) is 11.4 Å². The lowest BCUT2D eigenvalue weighted by Gasteiger charge is -2.23. The van der Waals surface area contributed by atoms with Crippen LogP contribution in [-0.4, -0.2) is 26.7 Å². The van der Waals surface area contributed by atoms with E-state index in [0.717, 1.165) is 33.6 Å². The second kappa shape index (κ2) is 10.8. The third-order valence-corrected chi connectivity index (χ3v) is 6.28. The third kappa shape index (κ3) is 5.96. The molecule has 0 aliphatic carbocycles. The molecule has 0 saturated carbocycles. The lowest BCUT2D eigenvalue weighted by molar-refractivity contribution is 0.262. The predicted octanol–water partition coefficient (Wildman–Crippen LogP) is 7.58. The second-order valence-electron chi connectivity index (χ2n) is 10.3. The summed E-state index contributed by atoms with van der Waals surface area (Å²) in [5, 5.41) is 20.4. The Labute approximate surface area is 227 Å². The Hall–Kier alpha value is -4.98. The number of urea groups is 1. The summed E-state index contributed by atoms with van der Waals surface area (Å²) in [5.74, 6) is 1.73. The first-order chi connectivity index (χ1) is 18.8. The molecule has 196 valence electrons. The molecule has 3 N–H and O–H groups in total. The van der Waals surface area contributed by atoms with Gasteiger partial charge in [-0.2, -0.15) is 5.21 Å². The van der Waals surface area contributed by atoms with Crippen molar-refractivity contribution < 1.29 is 9.53 Å². The van der Waals surface area contributed by atoms with Crippen LogP contribution < -0.4 is 15.4 Å². The van der Waals surface area contributed by atoms with Crippen LogP contribution in [0, 0.1) is 6.92 Å². The van der Waals surface area contributed by atoms with E-state index in [0.29, 0.717) is 22.9 Å². The Morgan fingerprint density at radius 1 is 0.821 bits per heavy atom. The largest absolute Gasteiger partial charge is 0.455 e. The van der Waals surface area contributed by atoms with E-state index in [1.165, 1.54) is 0 Å². The number of hydrogen-bond acceptors (Lipinski definition) is 5. The minimum absolute atomic E-state index is 0.128. The van der Waals surface area contributed by atoms with Gasteiger partial charge in [-0.3, -0.25) is 0 Å². The Balaban J connectivity index is 1.54. The maximum absolute atomic E-state index is 13.1. The minimum Gasteiger partial charge on any atom is -0.455 e. The Morgan fingerprint density at radius 2 is 1.54 bits per heavy atom. The molecule has 0 radical (unpaired) electrons. The van der Waals surface area contributed by atoms with Gasteiger partial charge in [-0.05, 0) is 59.0 Å². The molecule has 0 atom stereocenters. The summed E-state index contributed by atoms with van der Waals surface area (Å²) in [5.41, 5.74) is 5.82. The summed E-state index contributed by atoms with van der Waals surface area (Å²) in [6.07, 6.45) is 0. The number of benzene rings is 4. The summed E-state index contributed by atoms with van der Waals surface area (Å²) in [6, 6.07) is 28.7. The number of nitrogens with one attached hydrogen (secondary N) is 3. The highest BCUT2D eigenvalue weighted by Gasteiger charge is 2.21. The molecule has 0 spiro atoms. The fourth-order valence-corrected chi connectivity index (χ4v) is 4.31. The van der Waals surface area contributed by atoms with E-state index in [2.05, 4.69) is 58.1 Å². The number of carbonyl (C=O) groups is 1. The Morgan fingerprint density at radius 3 is 2.26 bits per heavy atom. The van der Waals surface area contributed by atoms with Crippen molar-refractivity contribution in [3.05, 3.63) is 102 Å². The van der Waals surface area contributed by atoms with Crippen LogP contribution in [0.2, 0.25) is 0 Å². The van der Waals surface area contributed by atoms with Crippen molar-refractivity contribution in [1.29, 1.82) is 0 Å². The smallest absolute Gasteiger partial charge is 0.323 e. The molecule has 1 aromatic heterocycles. The summed E-state index contributed by atoms with van der Waals surface area (Å²) in [4.78, 5) is 13.1. The lowest BCUT2D eigenvalue weighted by Crippen LogP contribution is -2.20. The van der Waals surface area contributed by atoms with Gasteiger partial charge in [0.1, 0.15) is 5.75 Å². The zero-order valence-corrected chi connectivity index (χ0v) is 22.3. The second-order valence-corrected chi connectivity index (χ2v) is 10.3. The number of aryl methyl sites for hydroxylation is 1. The van der Waals surface area contributed by atoms with Crippen LogP contribution in [0.3, 0.4) is 0 Å². The average molecular weight is 519 g/mol. The van der Waals surface area contributed by atoms with E-state index < -0.39 is 0 Å². The number of tetrazole rings is 1. The number of carbonyl (C=O) groups excluding carboxylic acids is 1. The number of ether oxygens (including phenoxy) is 1. The first kappa shape index (κ1) is 25.7. The summed E-state index contributed by atoms with van der Waals surface area (Å²) in [7, 11) is 0. The van der Waals surface area contributed by atoms with Gasteiger partial charge in [-0.1, -0.05) is 87.0 Å². The molecule has 5 aromatic rings. The molecular formula is C31H30N6O2. The number of aromatic nitrogens is 4. The van der Waals surface area contributed by atoms with Crippen molar-refractivity contribution in [2.75, 3.05) is 10.6 Å². The van der Waals surface area contributed by atoms with Crippen LogP contribution in [0.25, 0.3) is 22.5 Å². The number of H-pyrrole nitrogens is 1. The maximum atomic E-state index is 13.1. The van der Waals surface area contributed by atoms with Crippen molar-refractivity contribution in [3.63, 3.8) is 0 Å². The fourth-order valence-electron chi connectivity index (χ4n) is 4.31. The highest BCUT2D eigenvalue weighted by atomic mass is 16.5. The number of aromatic amines is 1. The fraction of sp³-hybridized carbons (Fsp3) is 0.161. The summed E-state index contributed by atoms with van der Waals surface area (Å²) >= 11 is 0. The van der Waals surface area contributed by atoms with E-state index in [1.54, 1.807) is 0 Å². The molecule has 5 rings (SSSR count). The van der Waals surface area contributed by atoms with Crippen molar-refractivity contribution in [1.82, 2.24) is 20.6 Å². The Kier molecular flexibility index (Phi) is 7.10. The van der Waals surface area contributed by atoms with Crippen LogP contribution in [0.1, 0.15) is 31.9 Å². The van der Waals surface area contributed by atoms with Gasteiger partial charge in [0, 0.05) is 16.8 Å². The van der Waals surface area contributed by atoms with Crippen molar-refractivity contribution in [2.24, 2.45) is 0 Å². The number of anilines is 2. The third-order valence-electron chi connectivity index (χ3n) is 6.28. The lowest BCUT2D eigenvalue weighted by atomic mass is 9.86. The molecule has 0 unspecified atom stereocenters. The predicted molar refractivity (Wildman–Crippen MR) is 154 cm³/mol. The van der Waals surface area contributed by atoms with Crippen LogP contribution in [0.5, 0.6) is 11.5 Å². The van der Waals surface area contributed by atoms with Gasteiger partial charge in [-0.15, -0.1) is 10.2 Å². The van der Waals surface area contributed by atoms with Gasteiger partial charge in [0.2, 0.25) is 5.82 Å². The number of rotatable bonds is 6. The van der Waals surface area contributed by atoms with Crippen molar-refractivity contribution >= 4 is 17.4 Å². The molecule has 0 bridgehead atoms. The number of hydrogen-bond donors (Lipinski definition) is 3. The number of nitrogens with zero attached hydrogens (tertiary/aromatic N) is 3. The monoisotopic (exact) mass is 518 g/mol. The SMILES string of the molecule is Cc1ccc(NC(=O)Nc2cc(-c3ccccc3-c3nn[nH]n3)ccc2Oc2ccccc2C(C)(C)C)cc1. The van der Waals surface area contributed by atoms with Gasteiger partial charge >= 0.3 is 6.03 Å². The van der Waals surface area contributed by atoms with Gasteiger partial charge in [-0.25, -0.2) is 4.79 Å².